The Morgan fingerprint density at radius 2 is 2.10 bits per heavy atom. The van der Waals surface area contributed by atoms with E-state index in [4.69, 9.17) is 5.11 Å². The summed E-state index contributed by atoms with van der Waals surface area (Å²) in [7, 11) is 0. The number of aromatic amines is 1. The Bertz CT molecular complexity index is 661. The smallest absolute Gasteiger partial charge is 0.409 e. The molecule has 0 fully saturated rings. The van der Waals surface area contributed by atoms with Crippen LogP contribution in [0, 0.1) is 6.92 Å². The zero-order valence-electron chi connectivity index (χ0n) is 11.4. The van der Waals surface area contributed by atoms with Crippen LogP contribution in [0.4, 0.5) is 10.5 Å². The van der Waals surface area contributed by atoms with Crippen molar-refractivity contribution in [3.8, 4) is 0 Å². The molecule has 6 nitrogen and oxygen atoms in total. The standard InChI is InChI=1S/C14H17N3O3/c1-8-11(5-6-15-9(2)18)12-7-10(17-14(19)20)3-4-13(12)16-8/h3-4,7,16-17H,5-6H2,1-2H3,(H,15,18)(H,19,20). The number of carbonyl (C=O) groups excluding carboxylic acids is 1. The molecule has 1 heterocycles. The molecule has 106 valence electrons. The number of hydrogen-bond acceptors (Lipinski definition) is 2. The highest BCUT2D eigenvalue weighted by Crippen LogP contribution is 2.25. The first-order chi connectivity index (χ1) is 9.47. The fourth-order valence-electron chi connectivity index (χ4n) is 2.27. The normalized spacial score (nSPS) is 10.5. The van der Waals surface area contributed by atoms with Crippen LogP contribution in [0.3, 0.4) is 0 Å². The van der Waals surface area contributed by atoms with Gasteiger partial charge in [-0.1, -0.05) is 0 Å². The van der Waals surface area contributed by atoms with Crippen molar-refractivity contribution in [3.05, 3.63) is 29.5 Å². The summed E-state index contributed by atoms with van der Waals surface area (Å²) < 4.78 is 0. The summed E-state index contributed by atoms with van der Waals surface area (Å²) in [6.07, 6.45) is -0.390. The third kappa shape index (κ3) is 3.09. The van der Waals surface area contributed by atoms with E-state index in [9.17, 15) is 9.59 Å². The predicted octanol–water partition coefficient (Wildman–Crippen LogP) is 2.24. The van der Waals surface area contributed by atoms with Gasteiger partial charge in [0.1, 0.15) is 0 Å². The van der Waals surface area contributed by atoms with E-state index in [2.05, 4.69) is 15.6 Å². The van der Waals surface area contributed by atoms with Crippen molar-refractivity contribution in [3.63, 3.8) is 0 Å². The van der Waals surface area contributed by atoms with Crippen molar-refractivity contribution in [2.45, 2.75) is 20.3 Å². The van der Waals surface area contributed by atoms with Gasteiger partial charge in [-0.05, 0) is 37.1 Å². The Morgan fingerprint density at radius 1 is 1.35 bits per heavy atom. The molecule has 2 amide bonds. The van der Waals surface area contributed by atoms with E-state index in [0.29, 0.717) is 18.7 Å². The van der Waals surface area contributed by atoms with Gasteiger partial charge >= 0.3 is 6.09 Å². The van der Waals surface area contributed by atoms with Gasteiger partial charge in [-0.3, -0.25) is 10.1 Å². The monoisotopic (exact) mass is 275 g/mol. The van der Waals surface area contributed by atoms with E-state index in [1.54, 1.807) is 12.1 Å². The van der Waals surface area contributed by atoms with Crippen molar-refractivity contribution in [1.29, 1.82) is 0 Å². The summed E-state index contributed by atoms with van der Waals surface area (Å²) >= 11 is 0. The summed E-state index contributed by atoms with van der Waals surface area (Å²) in [5.41, 5.74) is 3.60. The first-order valence-electron chi connectivity index (χ1n) is 6.33. The number of fused-ring (bicyclic) bond motifs is 1. The van der Waals surface area contributed by atoms with Crippen LogP contribution in [-0.2, 0) is 11.2 Å². The molecule has 1 aromatic carbocycles. The van der Waals surface area contributed by atoms with E-state index in [1.165, 1.54) is 6.92 Å². The molecule has 0 aliphatic rings. The largest absolute Gasteiger partial charge is 0.465 e. The second kappa shape index (κ2) is 5.64. The molecule has 0 saturated heterocycles. The van der Waals surface area contributed by atoms with Crippen LogP contribution >= 0.6 is 0 Å². The molecule has 1 aromatic heterocycles. The number of aromatic nitrogens is 1. The summed E-state index contributed by atoms with van der Waals surface area (Å²) in [4.78, 5) is 24.8. The average molecular weight is 275 g/mol. The Labute approximate surface area is 116 Å². The fourth-order valence-corrected chi connectivity index (χ4v) is 2.27. The second-order valence-corrected chi connectivity index (χ2v) is 4.65. The molecular weight excluding hydrogens is 258 g/mol. The molecule has 0 bridgehead atoms. The fraction of sp³-hybridized carbons (Fsp3) is 0.286. The molecule has 2 aromatic rings. The van der Waals surface area contributed by atoms with Crippen molar-refractivity contribution >= 4 is 28.6 Å². The lowest BCUT2D eigenvalue weighted by Crippen LogP contribution is -2.22. The van der Waals surface area contributed by atoms with Crippen LogP contribution in [-0.4, -0.2) is 28.6 Å². The highest BCUT2D eigenvalue weighted by atomic mass is 16.4. The Hall–Kier alpha value is -2.50. The molecule has 0 aliphatic carbocycles. The number of anilines is 1. The zero-order valence-corrected chi connectivity index (χ0v) is 11.4. The van der Waals surface area contributed by atoms with Crippen molar-refractivity contribution in [2.24, 2.45) is 0 Å². The number of nitrogens with one attached hydrogen (secondary N) is 3. The van der Waals surface area contributed by atoms with E-state index in [-0.39, 0.29) is 5.91 Å². The number of carboxylic acid groups (broad SMARTS) is 1. The number of rotatable bonds is 4. The quantitative estimate of drug-likeness (QED) is 0.689. The maximum Gasteiger partial charge on any atom is 0.409 e. The van der Waals surface area contributed by atoms with Gasteiger partial charge in [0.25, 0.3) is 0 Å². The lowest BCUT2D eigenvalue weighted by molar-refractivity contribution is -0.118. The number of aryl methyl sites for hydroxylation is 1. The van der Waals surface area contributed by atoms with Crippen molar-refractivity contribution in [2.75, 3.05) is 11.9 Å². The molecule has 0 radical (unpaired) electrons. The third-order valence-electron chi connectivity index (χ3n) is 3.12. The van der Waals surface area contributed by atoms with E-state index in [0.717, 1.165) is 22.2 Å². The van der Waals surface area contributed by atoms with Gasteiger partial charge in [0, 0.05) is 35.8 Å². The van der Waals surface area contributed by atoms with Crippen LogP contribution in [0.1, 0.15) is 18.2 Å². The summed E-state index contributed by atoms with van der Waals surface area (Å²) in [5, 5.41) is 14.8. The topological polar surface area (TPSA) is 94.2 Å². The summed E-state index contributed by atoms with van der Waals surface area (Å²) in [6, 6.07) is 5.36. The van der Waals surface area contributed by atoms with E-state index in [1.807, 2.05) is 13.0 Å². The van der Waals surface area contributed by atoms with E-state index < -0.39 is 6.09 Å². The highest BCUT2D eigenvalue weighted by molar-refractivity contribution is 5.91. The SMILES string of the molecule is CC(=O)NCCc1c(C)[nH]c2ccc(NC(=O)O)cc12. The maximum atomic E-state index is 10.9. The highest BCUT2D eigenvalue weighted by Gasteiger charge is 2.10. The average Bonchev–Trinajstić information content (AvgIpc) is 2.65. The first-order valence-corrected chi connectivity index (χ1v) is 6.33. The molecule has 20 heavy (non-hydrogen) atoms. The minimum atomic E-state index is -1.09. The molecule has 0 unspecified atom stereocenters. The van der Waals surface area contributed by atoms with Crippen molar-refractivity contribution in [1.82, 2.24) is 10.3 Å². The number of hydrogen-bond donors (Lipinski definition) is 4. The molecular formula is C14H17N3O3. The molecule has 0 aliphatic heterocycles. The Morgan fingerprint density at radius 3 is 2.75 bits per heavy atom. The van der Waals surface area contributed by atoms with Gasteiger partial charge < -0.3 is 15.4 Å². The molecule has 0 atom stereocenters. The Balaban J connectivity index is 2.29. The van der Waals surface area contributed by atoms with E-state index >= 15 is 0 Å². The molecule has 0 saturated carbocycles. The van der Waals surface area contributed by atoms with Gasteiger partial charge in [0.2, 0.25) is 5.91 Å². The van der Waals surface area contributed by atoms with Gasteiger partial charge in [0.05, 0.1) is 0 Å². The van der Waals surface area contributed by atoms with Gasteiger partial charge in [-0.2, -0.15) is 0 Å². The van der Waals surface area contributed by atoms with Gasteiger partial charge in [-0.25, -0.2) is 4.79 Å². The zero-order chi connectivity index (χ0) is 14.7. The number of benzene rings is 1. The van der Waals surface area contributed by atoms with Crippen LogP contribution in [0.2, 0.25) is 0 Å². The molecule has 6 heteroatoms. The second-order valence-electron chi connectivity index (χ2n) is 4.65. The predicted molar refractivity (Wildman–Crippen MR) is 77.1 cm³/mol. The maximum absolute atomic E-state index is 10.9. The van der Waals surface area contributed by atoms with Crippen LogP contribution < -0.4 is 10.6 Å². The molecule has 2 rings (SSSR count). The Kier molecular flexibility index (Phi) is 3.93. The first kappa shape index (κ1) is 13.9. The molecule has 0 spiro atoms. The minimum Gasteiger partial charge on any atom is -0.465 e. The third-order valence-corrected chi connectivity index (χ3v) is 3.12. The molecule has 4 N–H and O–H groups in total. The van der Waals surface area contributed by atoms with Gasteiger partial charge in [-0.15, -0.1) is 0 Å². The minimum absolute atomic E-state index is 0.0595. The van der Waals surface area contributed by atoms with Crippen LogP contribution in [0.5, 0.6) is 0 Å². The lowest BCUT2D eigenvalue weighted by atomic mass is 10.1. The number of H-pyrrole nitrogens is 1. The van der Waals surface area contributed by atoms with Crippen molar-refractivity contribution < 1.29 is 14.7 Å². The van der Waals surface area contributed by atoms with Crippen LogP contribution in [0.15, 0.2) is 18.2 Å². The number of amides is 2. The number of carbonyl (C=O) groups is 2. The summed E-state index contributed by atoms with van der Waals surface area (Å²) in [6.45, 7) is 4.00. The van der Waals surface area contributed by atoms with Crippen LogP contribution in [0.25, 0.3) is 10.9 Å². The summed E-state index contributed by atoms with van der Waals surface area (Å²) in [5.74, 6) is -0.0595. The van der Waals surface area contributed by atoms with Gasteiger partial charge in [0.15, 0.2) is 0 Å². The lowest BCUT2D eigenvalue weighted by Gasteiger charge is -2.04.